The minimum Gasteiger partial charge on any atom is -0.462 e. The van der Waals surface area contributed by atoms with Gasteiger partial charge in [0.15, 0.2) is 24.5 Å². The van der Waals surface area contributed by atoms with Crippen LogP contribution in [-0.4, -0.2) is 74.3 Å². The first-order chi connectivity index (χ1) is 23.7. The maximum atomic E-state index is 14.6. The summed E-state index contributed by atoms with van der Waals surface area (Å²) in [6, 6.07) is 6.43. The van der Waals surface area contributed by atoms with Gasteiger partial charge in [-0.15, -0.1) is 0 Å². The van der Waals surface area contributed by atoms with Gasteiger partial charge in [-0.3, -0.25) is 29.1 Å². The van der Waals surface area contributed by atoms with Crippen molar-refractivity contribution in [2.75, 3.05) is 19.8 Å². The number of esters is 4. The molecule has 0 bridgehead atoms. The number of ether oxygens (including phenoxy) is 5. The molecule has 0 aromatic heterocycles. The van der Waals surface area contributed by atoms with Crippen molar-refractivity contribution in [2.24, 2.45) is 21.7 Å². The van der Waals surface area contributed by atoms with E-state index in [1.165, 1.54) is 0 Å². The van der Waals surface area contributed by atoms with Gasteiger partial charge in [0.25, 0.3) is 0 Å². The molecule has 1 fully saturated rings. The van der Waals surface area contributed by atoms with Crippen LogP contribution in [0.25, 0.3) is 0 Å². The first-order valence-corrected chi connectivity index (χ1v) is 19.5. The molecule has 1 saturated heterocycles. The van der Waals surface area contributed by atoms with E-state index in [4.69, 9.17) is 44.3 Å². The van der Waals surface area contributed by atoms with Crippen LogP contribution in [0.4, 0.5) is 0 Å². The predicted molar refractivity (Wildman–Crippen MR) is 195 cm³/mol. The Balaban J connectivity index is 2.93. The van der Waals surface area contributed by atoms with Gasteiger partial charge in [-0.05, 0) is 115 Å². The number of nitrogens with one attached hydrogen (secondary N) is 1. The van der Waals surface area contributed by atoms with Crippen molar-refractivity contribution >= 4 is 43.1 Å². The molecule has 1 aromatic rings. The number of carbonyl (C=O) groups is 4. The Labute approximate surface area is 313 Å². The van der Waals surface area contributed by atoms with Gasteiger partial charge >= 0.3 is 31.5 Å². The molecule has 296 valence electrons. The Morgan fingerprint density at radius 2 is 1.10 bits per heavy atom. The molecule has 0 aliphatic carbocycles. The summed E-state index contributed by atoms with van der Waals surface area (Å²) in [4.78, 5) is 53.8. The Bertz CT molecular complexity index is 1430. The Morgan fingerprint density at radius 1 is 0.692 bits per heavy atom. The van der Waals surface area contributed by atoms with Gasteiger partial charge in [0.05, 0.1) is 34.9 Å². The number of rotatable bonds is 13. The zero-order chi connectivity index (χ0) is 40.0. The lowest BCUT2D eigenvalue weighted by atomic mass is 9.92. The van der Waals surface area contributed by atoms with Crippen molar-refractivity contribution in [3.8, 4) is 0 Å². The van der Waals surface area contributed by atoms with Crippen LogP contribution < -0.4 is 5.32 Å². The van der Waals surface area contributed by atoms with E-state index in [1.807, 2.05) is 0 Å². The van der Waals surface area contributed by atoms with E-state index in [9.17, 15) is 23.7 Å². The third-order valence-electron chi connectivity index (χ3n) is 7.63. The predicted octanol–water partition coefficient (Wildman–Crippen LogP) is 7.38. The molecule has 1 N–H and O–H groups in total. The highest BCUT2D eigenvalue weighted by Gasteiger charge is 2.56. The quantitative estimate of drug-likeness (QED) is 0.120. The van der Waals surface area contributed by atoms with Crippen LogP contribution in [0, 0.1) is 21.7 Å². The molecule has 0 unspecified atom stereocenters. The third-order valence-corrected chi connectivity index (χ3v) is 10.2. The SMILES string of the molecule is CCOP(=O)(OCC)[C@@H](N[C@H]1O[C@H](COC(=O)C(C)(C)C)[C@H](OC(=O)C(C)(C)C)[C@H](OC(=O)C(C)(C)C)[C@H]1OC(=O)C(C)(C)C)c1ccc(Cl)cc1. The number of hydrogen-bond acceptors (Lipinski definition) is 13. The Morgan fingerprint density at radius 3 is 1.50 bits per heavy atom. The van der Waals surface area contributed by atoms with Crippen molar-refractivity contribution < 1.29 is 56.5 Å². The molecule has 1 aliphatic rings. The van der Waals surface area contributed by atoms with Gasteiger partial charge < -0.3 is 32.7 Å². The molecule has 52 heavy (non-hydrogen) atoms. The molecule has 1 aliphatic heterocycles. The van der Waals surface area contributed by atoms with Gasteiger partial charge in [-0.1, -0.05) is 23.7 Å². The highest BCUT2D eigenvalue weighted by atomic mass is 35.5. The fourth-order valence-corrected chi connectivity index (χ4v) is 6.67. The van der Waals surface area contributed by atoms with E-state index >= 15 is 0 Å². The minimum absolute atomic E-state index is 0.0129. The normalized spacial score (nSPS) is 22.2. The molecular formula is C37H59ClNO12P. The second-order valence-corrected chi connectivity index (χ2v) is 19.3. The second kappa shape index (κ2) is 17.7. The maximum absolute atomic E-state index is 14.6. The lowest BCUT2D eigenvalue weighted by Crippen LogP contribution is -2.66. The van der Waals surface area contributed by atoms with E-state index in [0.29, 0.717) is 10.6 Å². The van der Waals surface area contributed by atoms with Crippen molar-refractivity contribution in [3.05, 3.63) is 34.9 Å². The van der Waals surface area contributed by atoms with E-state index in [-0.39, 0.29) is 13.2 Å². The van der Waals surface area contributed by atoms with E-state index in [0.717, 1.165) is 0 Å². The van der Waals surface area contributed by atoms with E-state index < -0.39 is 96.2 Å². The fourth-order valence-electron chi connectivity index (χ4n) is 4.58. The van der Waals surface area contributed by atoms with Crippen LogP contribution in [-0.2, 0) is 56.5 Å². The molecule has 0 saturated carbocycles. The third kappa shape index (κ3) is 12.5. The molecule has 13 nitrogen and oxygen atoms in total. The number of benzene rings is 1. The largest absolute Gasteiger partial charge is 0.462 e. The summed E-state index contributed by atoms with van der Waals surface area (Å²) < 4.78 is 56.6. The van der Waals surface area contributed by atoms with Crippen LogP contribution in [0.15, 0.2) is 24.3 Å². The molecular weight excluding hydrogens is 717 g/mol. The van der Waals surface area contributed by atoms with Gasteiger partial charge in [0.2, 0.25) is 0 Å². The van der Waals surface area contributed by atoms with Crippen LogP contribution in [0.1, 0.15) is 108 Å². The standard InChI is InChI=1S/C37H59ClNO12P/c1-15-46-52(44,47-16-2)29(22-17-19-23(38)20-18-22)39-28-27(51-33(43)37(12,13)14)26(50-32(42)36(9,10)11)25(49-31(41)35(6,7)8)24(48-28)21-45-30(40)34(3,4)5/h17-20,24-29,39H,15-16,21H2,1-14H3/t24-,25+,26+,27-,28+,29-/m1/s1. The average molecular weight is 776 g/mol. The number of hydrogen-bond donors (Lipinski definition) is 1. The average Bonchev–Trinajstić information content (AvgIpc) is 2.99. The second-order valence-electron chi connectivity index (χ2n) is 16.8. The Hall–Kier alpha value is -2.54. The first-order valence-electron chi connectivity index (χ1n) is 17.5. The Kier molecular flexibility index (Phi) is 15.6. The summed E-state index contributed by atoms with van der Waals surface area (Å²) in [5.74, 6) is -3.93. The van der Waals surface area contributed by atoms with Gasteiger partial charge in [0.1, 0.15) is 18.5 Å². The topological polar surface area (TPSA) is 162 Å². The number of carbonyl (C=O) groups excluding carboxylic acids is 4. The first kappa shape index (κ1) is 45.6. The summed E-state index contributed by atoms with van der Waals surface area (Å²) in [6.45, 7) is 22.6. The summed E-state index contributed by atoms with van der Waals surface area (Å²) in [5.41, 5.74) is -3.63. The lowest BCUT2D eigenvalue weighted by molar-refractivity contribution is -0.265. The fraction of sp³-hybridized carbons (Fsp3) is 0.730. The van der Waals surface area contributed by atoms with Gasteiger partial charge in [-0.2, -0.15) is 0 Å². The highest BCUT2D eigenvalue weighted by Crippen LogP contribution is 2.60. The smallest absolute Gasteiger partial charge is 0.352 e. The highest BCUT2D eigenvalue weighted by molar-refractivity contribution is 7.54. The van der Waals surface area contributed by atoms with Crippen molar-refractivity contribution in [1.82, 2.24) is 5.32 Å². The van der Waals surface area contributed by atoms with Gasteiger partial charge in [0, 0.05) is 5.02 Å². The summed E-state index contributed by atoms with van der Waals surface area (Å²) >= 11 is 6.21. The molecule has 0 amide bonds. The number of halogens is 1. The van der Waals surface area contributed by atoms with E-state index in [2.05, 4.69) is 5.32 Å². The summed E-state index contributed by atoms with van der Waals surface area (Å²) in [5, 5.41) is 3.59. The van der Waals surface area contributed by atoms with Crippen molar-refractivity contribution in [2.45, 2.75) is 133 Å². The molecule has 6 atom stereocenters. The van der Waals surface area contributed by atoms with Crippen LogP contribution in [0.3, 0.4) is 0 Å². The molecule has 2 rings (SSSR count). The summed E-state index contributed by atoms with van der Waals surface area (Å²) in [6.07, 6.45) is -7.21. The van der Waals surface area contributed by atoms with Gasteiger partial charge in [-0.25, -0.2) is 0 Å². The zero-order valence-electron chi connectivity index (χ0n) is 33.1. The molecule has 0 radical (unpaired) electrons. The van der Waals surface area contributed by atoms with Crippen LogP contribution in [0.2, 0.25) is 5.02 Å². The van der Waals surface area contributed by atoms with Crippen molar-refractivity contribution in [3.63, 3.8) is 0 Å². The molecule has 1 heterocycles. The zero-order valence-corrected chi connectivity index (χ0v) is 34.8. The monoisotopic (exact) mass is 775 g/mol. The summed E-state index contributed by atoms with van der Waals surface area (Å²) in [7, 11) is -4.09. The molecule has 1 aromatic carbocycles. The van der Waals surface area contributed by atoms with Crippen LogP contribution in [0.5, 0.6) is 0 Å². The molecule has 0 spiro atoms. The lowest BCUT2D eigenvalue weighted by Gasteiger charge is -2.47. The van der Waals surface area contributed by atoms with Crippen molar-refractivity contribution in [1.29, 1.82) is 0 Å². The van der Waals surface area contributed by atoms with Crippen LogP contribution >= 0.6 is 19.2 Å². The molecule has 15 heteroatoms. The van der Waals surface area contributed by atoms with E-state index in [1.54, 1.807) is 121 Å². The minimum atomic E-state index is -4.09. The maximum Gasteiger partial charge on any atom is 0.352 e.